The summed E-state index contributed by atoms with van der Waals surface area (Å²) in [5.74, 6) is 2.36. The van der Waals surface area contributed by atoms with Crippen LogP contribution in [0.15, 0.2) is 40.9 Å². The molecule has 0 amide bonds. The van der Waals surface area contributed by atoms with Gasteiger partial charge in [0.2, 0.25) is 0 Å². The third-order valence-corrected chi connectivity index (χ3v) is 5.16. The molecule has 2 aliphatic carbocycles. The molecule has 2 aliphatic rings. The van der Waals surface area contributed by atoms with Crippen LogP contribution in [0.1, 0.15) is 47.0 Å². The fourth-order valence-electron chi connectivity index (χ4n) is 3.53. The van der Waals surface area contributed by atoms with Crippen LogP contribution in [-0.2, 0) is 14.3 Å². The number of carbonyl (C=O) groups is 1. The Morgan fingerprint density at radius 3 is 2.72 bits per heavy atom. The number of hydrogen-bond donors (Lipinski definition) is 0. The molecule has 4 atom stereocenters. The largest absolute Gasteiger partial charge is 0.597 e. The molecule has 0 bridgehead atoms. The molecule has 1 saturated carbocycles. The summed E-state index contributed by atoms with van der Waals surface area (Å²) >= 11 is 0. The van der Waals surface area contributed by atoms with E-state index < -0.39 is 18.0 Å². The Balaban J connectivity index is 2.09. The summed E-state index contributed by atoms with van der Waals surface area (Å²) in [5.41, 5.74) is 0.461. The summed E-state index contributed by atoms with van der Waals surface area (Å²) in [7, 11) is 0. The summed E-state index contributed by atoms with van der Waals surface area (Å²) in [5, 5.41) is 16.1. The highest BCUT2D eigenvalue weighted by atomic mass is 16.6. The molecule has 0 N–H and O–H groups in total. The molecule has 2 rings (SSSR count). The fourth-order valence-corrected chi connectivity index (χ4v) is 3.53. The van der Waals surface area contributed by atoms with Gasteiger partial charge >= 0.3 is 12.0 Å². The molecule has 0 aromatic carbocycles. The van der Waals surface area contributed by atoms with Crippen molar-refractivity contribution >= 4 is 11.7 Å². The number of nitrogens with zero attached hydrogens (tertiary/aromatic N) is 2. The van der Waals surface area contributed by atoms with Crippen LogP contribution in [0.4, 0.5) is 0 Å². The van der Waals surface area contributed by atoms with E-state index in [1.807, 2.05) is 0 Å². The molecule has 0 saturated heterocycles. The number of esters is 1. The van der Waals surface area contributed by atoms with Crippen molar-refractivity contribution in [1.29, 1.82) is 0 Å². The van der Waals surface area contributed by atoms with E-state index in [0.717, 1.165) is 19.3 Å². The summed E-state index contributed by atoms with van der Waals surface area (Å²) in [4.78, 5) is 15.9. The van der Waals surface area contributed by atoms with Crippen molar-refractivity contribution in [2.75, 3.05) is 0 Å². The van der Waals surface area contributed by atoms with Crippen molar-refractivity contribution in [2.45, 2.75) is 59.2 Å². The quantitative estimate of drug-likeness (QED) is 0.240. The van der Waals surface area contributed by atoms with Crippen LogP contribution >= 0.6 is 0 Å². The molecule has 0 aromatic rings. The van der Waals surface area contributed by atoms with Gasteiger partial charge in [-0.1, -0.05) is 51.3 Å². The maximum Gasteiger partial charge on any atom is 0.464 e. The van der Waals surface area contributed by atoms with Crippen molar-refractivity contribution in [3.05, 3.63) is 40.8 Å². The third kappa shape index (κ3) is 6.54. The predicted molar refractivity (Wildman–Crippen MR) is 111 cm³/mol. The maximum atomic E-state index is 12.2. The number of hydrogen-bond acceptors (Lipinski definition) is 5. The molecule has 0 aromatic heterocycles. The lowest BCUT2D eigenvalue weighted by Crippen LogP contribution is -2.35. The normalized spacial score (nSPS) is 27.6. The zero-order chi connectivity index (χ0) is 21.4. The zero-order valence-electron chi connectivity index (χ0n) is 17.4. The van der Waals surface area contributed by atoms with Crippen LogP contribution in [0, 0.1) is 36.2 Å². The summed E-state index contributed by atoms with van der Waals surface area (Å²) < 4.78 is 10.7. The van der Waals surface area contributed by atoms with Gasteiger partial charge in [0.15, 0.2) is 5.71 Å². The fraction of sp³-hybridized carbons (Fsp3) is 0.522. The van der Waals surface area contributed by atoms with Crippen LogP contribution < -0.4 is 5.11 Å². The monoisotopic (exact) mass is 396 g/mol. The SMILES string of the molecule is C#C[C@H](C)O/C([O-])=C1\C=CC=C\C1=N/[N+]#CC(=O)O[C@@H]1C[C@H](C)CC[C@H]1C(C)C. The van der Waals surface area contributed by atoms with E-state index in [1.54, 1.807) is 31.2 Å². The standard InChI is InChI=1S/C23H28N2O4/c1-6-17(5)28-23(27)19-9-7-8-10-20(19)25-24-14-22(26)29-21-13-16(4)11-12-18(21)15(2)3/h1,7-10,15-18,21H,11-13H2,2-5H3/t16-,17+,18+,21-/m1/s1. The molecule has 0 heterocycles. The van der Waals surface area contributed by atoms with Crippen molar-refractivity contribution in [3.63, 3.8) is 0 Å². The van der Waals surface area contributed by atoms with Gasteiger partial charge in [-0.2, -0.15) is 0 Å². The van der Waals surface area contributed by atoms with Crippen LogP contribution in [0.25, 0.3) is 4.95 Å². The van der Waals surface area contributed by atoms with Crippen LogP contribution in [0.5, 0.6) is 0 Å². The Morgan fingerprint density at radius 1 is 1.31 bits per heavy atom. The van der Waals surface area contributed by atoms with Gasteiger partial charge in [-0.05, 0) is 43.6 Å². The molecule has 6 heteroatoms. The average Bonchev–Trinajstić information content (AvgIpc) is 2.68. The first-order chi connectivity index (χ1) is 13.8. The highest BCUT2D eigenvalue weighted by Crippen LogP contribution is 2.35. The van der Waals surface area contributed by atoms with Gasteiger partial charge in [-0.3, -0.25) is 0 Å². The molecule has 0 spiro atoms. The van der Waals surface area contributed by atoms with Crippen LogP contribution in [-0.4, -0.2) is 23.9 Å². The minimum absolute atomic E-state index is 0.138. The van der Waals surface area contributed by atoms with Gasteiger partial charge in [-0.15, -0.1) is 6.42 Å². The third-order valence-electron chi connectivity index (χ3n) is 5.16. The number of carbonyl (C=O) groups excluding carboxylic acids is 1. The van der Waals surface area contributed by atoms with E-state index in [1.165, 1.54) is 0 Å². The summed E-state index contributed by atoms with van der Waals surface area (Å²) in [6, 6.07) is 2.28. The van der Waals surface area contributed by atoms with Gasteiger partial charge in [-0.25, -0.2) is 4.79 Å². The molecule has 0 aliphatic heterocycles. The number of rotatable bonds is 4. The van der Waals surface area contributed by atoms with E-state index in [4.69, 9.17) is 15.9 Å². The van der Waals surface area contributed by atoms with Crippen molar-refractivity contribution < 1.29 is 19.4 Å². The van der Waals surface area contributed by atoms with Crippen molar-refractivity contribution in [2.24, 2.45) is 22.9 Å². The smallest absolute Gasteiger partial charge is 0.464 e. The van der Waals surface area contributed by atoms with Gasteiger partial charge in [0.25, 0.3) is 0 Å². The van der Waals surface area contributed by atoms with Gasteiger partial charge < -0.3 is 14.6 Å². The second kappa shape index (κ2) is 10.5. The highest BCUT2D eigenvalue weighted by molar-refractivity contribution is 6.11. The molecule has 6 nitrogen and oxygen atoms in total. The highest BCUT2D eigenvalue weighted by Gasteiger charge is 2.34. The predicted octanol–water partition coefficient (Wildman–Crippen LogP) is 3.42. The second-order valence-electron chi connectivity index (χ2n) is 7.81. The first-order valence-electron chi connectivity index (χ1n) is 9.95. The molecular weight excluding hydrogens is 368 g/mol. The summed E-state index contributed by atoms with van der Waals surface area (Å²) in [6.45, 7) is 8.05. The topological polar surface area (TPSA) is 75.3 Å². The lowest BCUT2D eigenvalue weighted by atomic mass is 9.75. The van der Waals surface area contributed by atoms with Crippen LogP contribution in [0.3, 0.4) is 0 Å². The zero-order valence-corrected chi connectivity index (χ0v) is 17.4. The van der Waals surface area contributed by atoms with Crippen LogP contribution in [0.2, 0.25) is 0 Å². The lowest BCUT2D eigenvalue weighted by Gasteiger charge is -2.35. The Labute approximate surface area is 172 Å². The Kier molecular flexibility index (Phi) is 8.09. The van der Waals surface area contributed by atoms with E-state index >= 15 is 0 Å². The first kappa shape index (κ1) is 22.3. The van der Waals surface area contributed by atoms with E-state index in [9.17, 15) is 9.90 Å². The van der Waals surface area contributed by atoms with Gasteiger partial charge in [0, 0.05) is 5.57 Å². The van der Waals surface area contributed by atoms with Gasteiger partial charge in [0.1, 0.15) is 16.2 Å². The average molecular weight is 396 g/mol. The maximum absolute atomic E-state index is 12.2. The Morgan fingerprint density at radius 2 is 2.03 bits per heavy atom. The first-order valence-corrected chi connectivity index (χ1v) is 9.95. The number of allylic oxidation sites excluding steroid dienone is 5. The molecule has 0 unspecified atom stereocenters. The lowest BCUT2D eigenvalue weighted by molar-refractivity contribution is -0.360. The number of ether oxygens (including phenoxy) is 2. The molecule has 0 radical (unpaired) electrons. The van der Waals surface area contributed by atoms with Crippen molar-refractivity contribution in [3.8, 4) is 18.4 Å². The molecular formula is C23H28N2O4. The van der Waals surface area contributed by atoms with E-state index in [0.29, 0.717) is 17.8 Å². The molecule has 29 heavy (non-hydrogen) atoms. The molecule has 154 valence electrons. The second-order valence-corrected chi connectivity index (χ2v) is 7.81. The van der Waals surface area contributed by atoms with Crippen molar-refractivity contribution in [1.82, 2.24) is 0 Å². The van der Waals surface area contributed by atoms with E-state index in [2.05, 4.69) is 42.8 Å². The minimum Gasteiger partial charge on any atom is -0.597 e. The number of terminal acetylenes is 1. The Hall–Kier alpha value is -2.99. The minimum atomic E-state index is -0.660. The summed E-state index contributed by atoms with van der Waals surface area (Å²) in [6.07, 6.45) is 14.0. The molecule has 1 fully saturated rings. The Bertz CT molecular complexity index is 833. The van der Waals surface area contributed by atoms with Gasteiger partial charge in [0.05, 0.1) is 12.0 Å². The van der Waals surface area contributed by atoms with E-state index in [-0.39, 0.29) is 17.4 Å².